The van der Waals surface area contributed by atoms with E-state index in [9.17, 15) is 9.59 Å². The topological polar surface area (TPSA) is 67.9 Å². The molecule has 1 heterocycles. The number of hydrogen-bond donors (Lipinski definition) is 1. The van der Waals surface area contributed by atoms with E-state index in [1.807, 2.05) is 43.3 Å². The smallest absolute Gasteiger partial charge is 0.229 e. The second-order valence-corrected chi connectivity index (χ2v) is 7.99. The number of anilines is 1. The summed E-state index contributed by atoms with van der Waals surface area (Å²) in [6, 6.07) is 11.4. The van der Waals surface area contributed by atoms with E-state index in [0.717, 1.165) is 21.3 Å². The van der Waals surface area contributed by atoms with Gasteiger partial charge in [-0.3, -0.25) is 9.59 Å². The van der Waals surface area contributed by atoms with Crippen molar-refractivity contribution < 1.29 is 19.1 Å². The normalized spacial score (nSPS) is 16.1. The maximum Gasteiger partial charge on any atom is 0.229 e. The monoisotopic (exact) mass is 460 g/mol. The van der Waals surface area contributed by atoms with Gasteiger partial charge in [-0.1, -0.05) is 22.0 Å². The number of nitrogens with one attached hydrogen (secondary N) is 1. The van der Waals surface area contributed by atoms with Gasteiger partial charge in [0.25, 0.3) is 0 Å². The van der Waals surface area contributed by atoms with Gasteiger partial charge in [0.1, 0.15) is 0 Å². The summed E-state index contributed by atoms with van der Waals surface area (Å²) in [5.41, 5.74) is 2.84. The lowest BCUT2D eigenvalue weighted by Crippen LogP contribution is -2.30. The third-order valence-electron chi connectivity index (χ3n) is 5.13. The van der Waals surface area contributed by atoms with Crippen LogP contribution in [0.5, 0.6) is 11.5 Å². The van der Waals surface area contributed by atoms with E-state index < -0.39 is 0 Å². The summed E-state index contributed by atoms with van der Waals surface area (Å²) in [7, 11) is 3.20. The average Bonchev–Trinajstić information content (AvgIpc) is 3.09. The number of methoxy groups -OCH3 is 2. The van der Waals surface area contributed by atoms with Crippen molar-refractivity contribution in [3.05, 3.63) is 52.0 Å². The van der Waals surface area contributed by atoms with Gasteiger partial charge in [-0.15, -0.1) is 0 Å². The molecule has 0 spiro atoms. The van der Waals surface area contributed by atoms with Crippen LogP contribution in [0, 0.1) is 12.8 Å². The van der Waals surface area contributed by atoms with Crippen LogP contribution in [-0.4, -0.2) is 44.0 Å². The molecule has 1 aliphatic rings. The summed E-state index contributed by atoms with van der Waals surface area (Å²) in [5.74, 6) is 0.899. The number of aryl methyl sites for hydroxylation is 1. The molecule has 1 fully saturated rings. The molecular weight excluding hydrogens is 436 g/mol. The standard InChI is InChI=1S/C22H25BrN2O4/c1-14-10-17(5-6-18(14)23)24-22(27)16-12-21(26)25(13-16)9-8-15-4-7-19(28-2)20(11-15)29-3/h4-7,10-11,16H,8-9,12-13H2,1-3H3,(H,24,27). The Balaban J connectivity index is 1.57. The molecule has 1 N–H and O–H groups in total. The molecule has 2 aromatic carbocycles. The lowest BCUT2D eigenvalue weighted by atomic mass is 10.1. The minimum absolute atomic E-state index is 0.0117. The maximum absolute atomic E-state index is 12.6. The Hall–Kier alpha value is -2.54. The SMILES string of the molecule is COc1ccc(CCN2CC(C(=O)Nc3ccc(Br)c(C)c3)CC2=O)cc1OC. The predicted molar refractivity (Wildman–Crippen MR) is 115 cm³/mol. The molecule has 1 saturated heterocycles. The molecule has 6 nitrogen and oxygen atoms in total. The first-order valence-corrected chi connectivity index (χ1v) is 10.3. The first-order valence-electron chi connectivity index (χ1n) is 9.47. The van der Waals surface area contributed by atoms with E-state index in [0.29, 0.717) is 31.0 Å². The number of rotatable bonds is 7. The summed E-state index contributed by atoms with van der Waals surface area (Å²) in [6.45, 7) is 2.97. The van der Waals surface area contributed by atoms with Crippen LogP contribution < -0.4 is 14.8 Å². The summed E-state index contributed by atoms with van der Waals surface area (Å²) >= 11 is 3.45. The van der Waals surface area contributed by atoms with Crippen molar-refractivity contribution in [2.75, 3.05) is 32.6 Å². The molecule has 1 atom stereocenters. The number of benzene rings is 2. The van der Waals surface area contributed by atoms with Gasteiger partial charge in [0.15, 0.2) is 11.5 Å². The number of carbonyl (C=O) groups is 2. The van der Waals surface area contributed by atoms with Gasteiger partial charge in [0.2, 0.25) is 11.8 Å². The molecular formula is C22H25BrN2O4. The Morgan fingerprint density at radius 2 is 1.93 bits per heavy atom. The van der Waals surface area contributed by atoms with Gasteiger partial charge in [-0.25, -0.2) is 0 Å². The minimum Gasteiger partial charge on any atom is -0.493 e. The van der Waals surface area contributed by atoms with Crippen molar-refractivity contribution in [3.63, 3.8) is 0 Å². The molecule has 0 aliphatic carbocycles. The van der Waals surface area contributed by atoms with Crippen LogP contribution in [0.25, 0.3) is 0 Å². The fraction of sp³-hybridized carbons (Fsp3) is 0.364. The molecule has 29 heavy (non-hydrogen) atoms. The van der Waals surface area contributed by atoms with Gasteiger partial charge in [0, 0.05) is 29.7 Å². The number of amides is 2. The number of halogens is 1. The van der Waals surface area contributed by atoms with E-state index in [4.69, 9.17) is 9.47 Å². The fourth-order valence-corrected chi connectivity index (χ4v) is 3.68. The highest BCUT2D eigenvalue weighted by Gasteiger charge is 2.34. The second-order valence-electron chi connectivity index (χ2n) is 7.13. The van der Waals surface area contributed by atoms with E-state index in [1.165, 1.54) is 0 Å². The molecule has 1 unspecified atom stereocenters. The van der Waals surface area contributed by atoms with E-state index in [1.54, 1.807) is 19.1 Å². The Kier molecular flexibility index (Phi) is 6.79. The zero-order chi connectivity index (χ0) is 21.0. The van der Waals surface area contributed by atoms with E-state index in [-0.39, 0.29) is 24.2 Å². The molecule has 2 amide bonds. The van der Waals surface area contributed by atoms with Crippen LogP contribution in [0.15, 0.2) is 40.9 Å². The highest BCUT2D eigenvalue weighted by molar-refractivity contribution is 9.10. The Morgan fingerprint density at radius 3 is 2.62 bits per heavy atom. The van der Waals surface area contributed by atoms with Crippen molar-refractivity contribution in [2.45, 2.75) is 19.8 Å². The van der Waals surface area contributed by atoms with Crippen molar-refractivity contribution in [2.24, 2.45) is 5.92 Å². The minimum atomic E-state index is -0.336. The summed E-state index contributed by atoms with van der Waals surface area (Å²) in [6.07, 6.45) is 0.930. The molecule has 0 aromatic heterocycles. The first-order chi connectivity index (χ1) is 13.9. The number of nitrogens with zero attached hydrogens (tertiary/aromatic N) is 1. The number of likely N-dealkylation sites (tertiary alicyclic amines) is 1. The Bertz CT molecular complexity index is 916. The van der Waals surface area contributed by atoms with Crippen molar-refractivity contribution in [3.8, 4) is 11.5 Å². The van der Waals surface area contributed by atoms with Crippen molar-refractivity contribution in [1.29, 1.82) is 0 Å². The second kappa shape index (κ2) is 9.31. The largest absolute Gasteiger partial charge is 0.493 e. The zero-order valence-corrected chi connectivity index (χ0v) is 18.4. The molecule has 0 radical (unpaired) electrons. The molecule has 154 valence electrons. The highest BCUT2D eigenvalue weighted by Crippen LogP contribution is 2.28. The maximum atomic E-state index is 12.6. The van der Waals surface area contributed by atoms with Crippen LogP contribution in [0.4, 0.5) is 5.69 Å². The molecule has 0 bridgehead atoms. The predicted octanol–water partition coefficient (Wildman–Crippen LogP) is 3.80. The number of hydrogen-bond acceptors (Lipinski definition) is 4. The van der Waals surface area contributed by atoms with Crippen LogP contribution >= 0.6 is 15.9 Å². The van der Waals surface area contributed by atoms with Gasteiger partial charge in [-0.05, 0) is 54.8 Å². The molecule has 1 aliphatic heterocycles. The molecule has 3 rings (SSSR count). The fourth-order valence-electron chi connectivity index (χ4n) is 3.43. The summed E-state index contributed by atoms with van der Waals surface area (Å²) < 4.78 is 11.6. The van der Waals surface area contributed by atoms with E-state index in [2.05, 4.69) is 21.2 Å². The quantitative estimate of drug-likeness (QED) is 0.681. The van der Waals surface area contributed by atoms with Gasteiger partial charge >= 0.3 is 0 Å². The van der Waals surface area contributed by atoms with Gasteiger partial charge in [-0.2, -0.15) is 0 Å². The molecule has 7 heteroatoms. The highest BCUT2D eigenvalue weighted by atomic mass is 79.9. The lowest BCUT2D eigenvalue weighted by molar-refractivity contribution is -0.128. The van der Waals surface area contributed by atoms with Crippen LogP contribution in [0.1, 0.15) is 17.5 Å². The van der Waals surface area contributed by atoms with Crippen molar-refractivity contribution in [1.82, 2.24) is 4.90 Å². The summed E-state index contributed by atoms with van der Waals surface area (Å²) in [4.78, 5) is 26.7. The number of carbonyl (C=O) groups excluding carboxylic acids is 2. The zero-order valence-electron chi connectivity index (χ0n) is 16.8. The lowest BCUT2D eigenvalue weighted by Gasteiger charge is -2.17. The van der Waals surface area contributed by atoms with Crippen molar-refractivity contribution >= 4 is 33.4 Å². The third-order valence-corrected chi connectivity index (χ3v) is 6.02. The van der Waals surface area contributed by atoms with Crippen LogP contribution in [0.2, 0.25) is 0 Å². The van der Waals surface area contributed by atoms with E-state index >= 15 is 0 Å². The van der Waals surface area contributed by atoms with Crippen LogP contribution in [0.3, 0.4) is 0 Å². The third kappa shape index (κ3) is 5.09. The molecule has 0 saturated carbocycles. The Morgan fingerprint density at radius 1 is 1.17 bits per heavy atom. The average molecular weight is 461 g/mol. The summed E-state index contributed by atoms with van der Waals surface area (Å²) in [5, 5.41) is 2.93. The first kappa shape index (κ1) is 21.2. The van der Waals surface area contributed by atoms with Gasteiger partial charge < -0.3 is 19.7 Å². The van der Waals surface area contributed by atoms with Gasteiger partial charge in [0.05, 0.1) is 20.1 Å². The number of ether oxygens (including phenoxy) is 2. The van der Waals surface area contributed by atoms with Crippen LogP contribution in [-0.2, 0) is 16.0 Å². The Labute approximate surface area is 179 Å². The molecule has 2 aromatic rings.